The van der Waals surface area contributed by atoms with Gasteiger partial charge in [-0.05, 0) is 31.6 Å². The molecule has 0 fully saturated rings. The highest BCUT2D eigenvalue weighted by atomic mass is 35.5. The Morgan fingerprint density at radius 1 is 1.39 bits per heavy atom. The van der Waals surface area contributed by atoms with Crippen LogP contribution in [-0.2, 0) is 10.2 Å². The maximum Gasteiger partial charge on any atom is 0.177 e. The van der Waals surface area contributed by atoms with E-state index in [0.29, 0.717) is 22.2 Å². The molecule has 1 heterocycles. The van der Waals surface area contributed by atoms with Crippen molar-refractivity contribution < 1.29 is 9.53 Å². The summed E-state index contributed by atoms with van der Waals surface area (Å²) < 4.78 is 5.86. The van der Waals surface area contributed by atoms with Crippen molar-refractivity contribution in [2.45, 2.75) is 31.8 Å². The van der Waals surface area contributed by atoms with Gasteiger partial charge in [-0.25, -0.2) is 0 Å². The van der Waals surface area contributed by atoms with E-state index in [4.69, 9.17) is 27.9 Å². The number of fused-ring (bicyclic) bond motifs is 3. The lowest BCUT2D eigenvalue weighted by Crippen LogP contribution is -2.39. The van der Waals surface area contributed by atoms with E-state index in [-0.39, 0.29) is 17.3 Å². The van der Waals surface area contributed by atoms with Crippen molar-refractivity contribution in [3.63, 3.8) is 0 Å². The van der Waals surface area contributed by atoms with Crippen LogP contribution in [0, 0.1) is 6.92 Å². The third-order valence-corrected chi connectivity index (χ3v) is 4.36. The first-order valence-corrected chi connectivity index (χ1v) is 6.56. The molecule has 0 spiro atoms. The highest BCUT2D eigenvalue weighted by Crippen LogP contribution is 2.51. The second-order valence-corrected chi connectivity index (χ2v) is 5.95. The fourth-order valence-electron chi connectivity index (χ4n) is 2.72. The molecule has 0 bridgehead atoms. The zero-order chi connectivity index (χ0) is 13.1. The van der Waals surface area contributed by atoms with E-state index in [1.165, 1.54) is 0 Å². The zero-order valence-electron chi connectivity index (χ0n) is 10.1. The first kappa shape index (κ1) is 12.1. The Morgan fingerprint density at radius 3 is 2.83 bits per heavy atom. The summed E-state index contributed by atoms with van der Waals surface area (Å²) in [5.74, 6) is 0.616. The van der Waals surface area contributed by atoms with Gasteiger partial charge in [0.25, 0.3) is 0 Å². The van der Waals surface area contributed by atoms with Gasteiger partial charge in [0, 0.05) is 5.56 Å². The molecule has 0 saturated carbocycles. The summed E-state index contributed by atoms with van der Waals surface area (Å²) in [6, 6.07) is 3.92. The molecule has 0 N–H and O–H groups in total. The summed E-state index contributed by atoms with van der Waals surface area (Å²) in [6.45, 7) is 4.02. The molecule has 0 unspecified atom stereocenters. The minimum atomic E-state index is -0.365. The summed E-state index contributed by atoms with van der Waals surface area (Å²) in [5.41, 5.74) is 1.73. The SMILES string of the molecule is Cc1cc(Cl)c2c(c1)[C@]1(C)C=C(Cl)C(=O)C[C@@H]1O2. The Hall–Kier alpha value is -0.990. The summed E-state index contributed by atoms with van der Waals surface area (Å²) in [6.07, 6.45) is 1.89. The van der Waals surface area contributed by atoms with Gasteiger partial charge in [-0.2, -0.15) is 0 Å². The number of allylic oxidation sites excluding steroid dienone is 1. The maximum absolute atomic E-state index is 11.7. The lowest BCUT2D eigenvalue weighted by atomic mass is 9.74. The fourth-order valence-corrected chi connectivity index (χ4v) is 3.34. The molecule has 0 amide bonds. The van der Waals surface area contributed by atoms with Crippen molar-refractivity contribution in [1.29, 1.82) is 0 Å². The standard InChI is InChI=1S/C14H12Cl2O2/c1-7-3-8-13(9(15)4-7)18-12-5-11(17)10(16)6-14(8,12)2/h3-4,6,12H,5H2,1-2H3/t12-,14-/m0/s1. The molecule has 2 atom stereocenters. The maximum atomic E-state index is 11.7. The third kappa shape index (κ3) is 1.52. The van der Waals surface area contributed by atoms with E-state index in [0.717, 1.165) is 11.1 Å². The number of aryl methyl sites for hydroxylation is 1. The van der Waals surface area contributed by atoms with Gasteiger partial charge in [-0.1, -0.05) is 29.3 Å². The Bertz CT molecular complexity index is 592. The van der Waals surface area contributed by atoms with Gasteiger partial charge >= 0.3 is 0 Å². The van der Waals surface area contributed by atoms with E-state index >= 15 is 0 Å². The Balaban J connectivity index is 2.23. The van der Waals surface area contributed by atoms with Crippen molar-refractivity contribution >= 4 is 29.0 Å². The number of benzene rings is 1. The van der Waals surface area contributed by atoms with Crippen molar-refractivity contribution in [2.24, 2.45) is 0 Å². The van der Waals surface area contributed by atoms with Crippen molar-refractivity contribution in [2.75, 3.05) is 0 Å². The summed E-state index contributed by atoms with van der Waals surface area (Å²) in [4.78, 5) is 11.7. The average Bonchev–Trinajstić information content (AvgIpc) is 2.54. The van der Waals surface area contributed by atoms with E-state index in [1.807, 2.05) is 19.9 Å². The van der Waals surface area contributed by atoms with Crippen LogP contribution in [0.25, 0.3) is 0 Å². The highest BCUT2D eigenvalue weighted by Gasteiger charge is 2.48. The zero-order valence-corrected chi connectivity index (χ0v) is 11.6. The van der Waals surface area contributed by atoms with Crippen molar-refractivity contribution in [1.82, 2.24) is 0 Å². The van der Waals surface area contributed by atoms with E-state index < -0.39 is 0 Å². The number of ketones is 1. The van der Waals surface area contributed by atoms with Crippen LogP contribution in [0.1, 0.15) is 24.5 Å². The van der Waals surface area contributed by atoms with Crippen LogP contribution in [-0.4, -0.2) is 11.9 Å². The smallest absolute Gasteiger partial charge is 0.177 e. The second-order valence-electron chi connectivity index (χ2n) is 5.13. The van der Waals surface area contributed by atoms with E-state index in [2.05, 4.69) is 6.07 Å². The topological polar surface area (TPSA) is 26.3 Å². The quantitative estimate of drug-likeness (QED) is 0.724. The summed E-state index contributed by atoms with van der Waals surface area (Å²) >= 11 is 12.2. The normalized spacial score (nSPS) is 29.4. The molecule has 1 aliphatic heterocycles. The molecule has 4 heteroatoms. The van der Waals surface area contributed by atoms with Gasteiger partial charge in [-0.3, -0.25) is 4.79 Å². The molecule has 0 radical (unpaired) electrons. The molecule has 94 valence electrons. The molecule has 18 heavy (non-hydrogen) atoms. The number of hydrogen-bond donors (Lipinski definition) is 0. The number of rotatable bonds is 0. The van der Waals surface area contributed by atoms with Gasteiger partial charge in [-0.15, -0.1) is 0 Å². The Kier molecular flexibility index (Phi) is 2.51. The minimum absolute atomic E-state index is 0.0696. The minimum Gasteiger partial charge on any atom is -0.487 e. The van der Waals surface area contributed by atoms with Crippen LogP contribution in [0.3, 0.4) is 0 Å². The molecule has 0 saturated heterocycles. The lowest BCUT2D eigenvalue weighted by molar-refractivity contribution is -0.117. The second kappa shape index (κ2) is 3.75. The predicted molar refractivity (Wildman–Crippen MR) is 71.5 cm³/mol. The van der Waals surface area contributed by atoms with E-state index in [9.17, 15) is 4.79 Å². The predicted octanol–water partition coefficient (Wildman–Crippen LogP) is 3.76. The number of Topliss-reactive ketones (excluding diaryl/α,β-unsaturated/α-hetero) is 1. The van der Waals surface area contributed by atoms with E-state index in [1.54, 1.807) is 6.08 Å². The van der Waals surface area contributed by atoms with Crippen LogP contribution in [0.15, 0.2) is 23.2 Å². The van der Waals surface area contributed by atoms with Crippen LogP contribution < -0.4 is 4.74 Å². The van der Waals surface area contributed by atoms with Crippen LogP contribution in [0.2, 0.25) is 5.02 Å². The largest absolute Gasteiger partial charge is 0.487 e. The molecule has 1 aliphatic carbocycles. The van der Waals surface area contributed by atoms with Gasteiger partial charge in [0.15, 0.2) is 5.78 Å². The number of hydrogen-bond acceptors (Lipinski definition) is 2. The first-order chi connectivity index (χ1) is 8.41. The molecule has 2 aliphatic rings. The lowest BCUT2D eigenvalue weighted by Gasteiger charge is -2.30. The molecule has 3 rings (SSSR count). The van der Waals surface area contributed by atoms with Crippen LogP contribution in [0.4, 0.5) is 0 Å². The van der Waals surface area contributed by atoms with Crippen molar-refractivity contribution in [3.8, 4) is 5.75 Å². The first-order valence-electron chi connectivity index (χ1n) is 5.80. The Morgan fingerprint density at radius 2 is 2.11 bits per heavy atom. The monoisotopic (exact) mass is 282 g/mol. The Labute approximate surface area is 116 Å². The molecule has 1 aromatic carbocycles. The molecule has 2 nitrogen and oxygen atoms in total. The number of ether oxygens (including phenoxy) is 1. The van der Waals surface area contributed by atoms with Crippen molar-refractivity contribution in [3.05, 3.63) is 39.4 Å². The van der Waals surface area contributed by atoms with Gasteiger partial charge in [0.2, 0.25) is 0 Å². The van der Waals surface area contributed by atoms with Gasteiger partial charge < -0.3 is 4.74 Å². The summed E-state index contributed by atoms with van der Waals surface area (Å²) in [7, 11) is 0. The molecule has 0 aromatic heterocycles. The number of carbonyl (C=O) groups excluding carboxylic acids is 1. The molecular weight excluding hydrogens is 271 g/mol. The fraction of sp³-hybridized carbons (Fsp3) is 0.357. The van der Waals surface area contributed by atoms with Gasteiger partial charge in [0.05, 0.1) is 21.9 Å². The summed E-state index contributed by atoms with van der Waals surface area (Å²) in [5, 5.41) is 0.889. The molecule has 1 aromatic rings. The highest BCUT2D eigenvalue weighted by molar-refractivity contribution is 6.43. The molecular formula is C14H12Cl2O2. The van der Waals surface area contributed by atoms with Crippen LogP contribution >= 0.6 is 23.2 Å². The number of halogens is 2. The van der Waals surface area contributed by atoms with Crippen LogP contribution in [0.5, 0.6) is 5.75 Å². The number of carbonyl (C=O) groups is 1. The van der Waals surface area contributed by atoms with Gasteiger partial charge in [0.1, 0.15) is 11.9 Å². The third-order valence-electron chi connectivity index (χ3n) is 3.76. The average molecular weight is 283 g/mol.